The molecule has 2 nitrogen and oxygen atoms in total. The Bertz CT molecular complexity index is 107. The van der Waals surface area contributed by atoms with Gasteiger partial charge in [-0.1, -0.05) is 20.8 Å². The molecule has 0 aromatic heterocycles. The van der Waals surface area contributed by atoms with Crippen LogP contribution in [-0.4, -0.2) is 26.7 Å². The lowest BCUT2D eigenvalue weighted by atomic mass is 9.81. The smallest absolute Gasteiger partial charge is 0.000866 e. The van der Waals surface area contributed by atoms with Crippen LogP contribution in [0.4, 0.5) is 0 Å². The third-order valence-electron chi connectivity index (χ3n) is 2.99. The van der Waals surface area contributed by atoms with Gasteiger partial charge in [-0.25, -0.2) is 0 Å². The van der Waals surface area contributed by atoms with Crippen LogP contribution in [0.5, 0.6) is 0 Å². The normalized spacial score (nSPS) is 26.8. The first kappa shape index (κ1) is 12.9. The highest BCUT2D eigenvalue weighted by Crippen LogP contribution is 2.32. The number of hydrogen-bond acceptors (Lipinski definition) is 2. The Morgan fingerprint density at radius 2 is 2.08 bits per heavy atom. The summed E-state index contributed by atoms with van der Waals surface area (Å²) in [5.74, 6) is 0. The summed E-state index contributed by atoms with van der Waals surface area (Å²) in [7, 11) is 2.03. The average Bonchev–Trinajstić information content (AvgIpc) is 2.67. The lowest BCUT2D eigenvalue weighted by Gasteiger charge is -2.26. The van der Waals surface area contributed by atoms with E-state index in [4.69, 9.17) is 0 Å². The first-order chi connectivity index (χ1) is 6.33. The lowest BCUT2D eigenvalue weighted by molar-refractivity contribution is 0.282. The number of rotatable bonds is 4. The predicted molar refractivity (Wildman–Crippen MR) is 60.1 cm³/mol. The van der Waals surface area contributed by atoms with Gasteiger partial charge in [0.2, 0.25) is 0 Å². The quantitative estimate of drug-likeness (QED) is 0.702. The molecule has 0 radical (unpaired) electrons. The molecule has 80 valence electrons. The maximum atomic E-state index is 3.45. The molecule has 0 aromatic carbocycles. The second kappa shape index (κ2) is 7.34. The van der Waals surface area contributed by atoms with Crippen molar-refractivity contribution in [1.82, 2.24) is 10.6 Å². The van der Waals surface area contributed by atoms with E-state index in [1.165, 1.54) is 32.4 Å². The van der Waals surface area contributed by atoms with Gasteiger partial charge in [-0.05, 0) is 44.8 Å². The molecule has 1 heterocycles. The fraction of sp³-hybridized carbons (Fsp3) is 1.00. The highest BCUT2D eigenvalue weighted by molar-refractivity contribution is 4.86. The van der Waals surface area contributed by atoms with E-state index in [0.29, 0.717) is 5.41 Å². The molecule has 13 heavy (non-hydrogen) atoms. The van der Waals surface area contributed by atoms with Gasteiger partial charge in [-0.2, -0.15) is 0 Å². The van der Waals surface area contributed by atoms with Crippen LogP contribution >= 0.6 is 0 Å². The minimum absolute atomic E-state index is 0.614. The van der Waals surface area contributed by atoms with Crippen molar-refractivity contribution in [3.8, 4) is 0 Å². The molecule has 0 amide bonds. The summed E-state index contributed by atoms with van der Waals surface area (Å²) in [4.78, 5) is 0. The molecule has 1 rings (SSSR count). The molecule has 2 heteroatoms. The Morgan fingerprint density at radius 1 is 1.38 bits per heavy atom. The van der Waals surface area contributed by atoms with E-state index in [9.17, 15) is 0 Å². The maximum absolute atomic E-state index is 3.45. The Labute approximate surface area is 83.5 Å². The van der Waals surface area contributed by atoms with E-state index in [-0.39, 0.29) is 0 Å². The van der Waals surface area contributed by atoms with Gasteiger partial charge >= 0.3 is 0 Å². The molecule has 1 fully saturated rings. The zero-order chi connectivity index (χ0) is 10.2. The largest absolute Gasteiger partial charge is 0.320 e. The third-order valence-corrected chi connectivity index (χ3v) is 2.99. The second-order valence-corrected chi connectivity index (χ2v) is 3.63. The van der Waals surface area contributed by atoms with Gasteiger partial charge in [0, 0.05) is 6.54 Å². The molecular formula is C11H26N2. The average molecular weight is 186 g/mol. The van der Waals surface area contributed by atoms with Crippen molar-refractivity contribution in [2.75, 3.05) is 26.7 Å². The van der Waals surface area contributed by atoms with E-state index in [0.717, 1.165) is 6.54 Å². The highest BCUT2D eigenvalue weighted by atomic mass is 14.9. The molecule has 1 aliphatic heterocycles. The van der Waals surface area contributed by atoms with E-state index in [1.54, 1.807) is 0 Å². The highest BCUT2D eigenvalue weighted by Gasteiger charge is 2.30. The summed E-state index contributed by atoms with van der Waals surface area (Å²) in [6.45, 7) is 9.92. The van der Waals surface area contributed by atoms with Crippen LogP contribution in [0, 0.1) is 5.41 Å². The monoisotopic (exact) mass is 186 g/mol. The van der Waals surface area contributed by atoms with Gasteiger partial charge in [-0.15, -0.1) is 0 Å². The van der Waals surface area contributed by atoms with Crippen LogP contribution < -0.4 is 10.6 Å². The van der Waals surface area contributed by atoms with Gasteiger partial charge in [0.1, 0.15) is 0 Å². The molecule has 1 aliphatic rings. The Kier molecular flexibility index (Phi) is 7.29. The van der Waals surface area contributed by atoms with Gasteiger partial charge in [-0.3, -0.25) is 0 Å². The molecule has 1 atom stereocenters. The zero-order valence-electron chi connectivity index (χ0n) is 9.74. The molecule has 0 aromatic rings. The first-order valence-electron chi connectivity index (χ1n) is 5.68. The predicted octanol–water partition coefficient (Wildman–Crippen LogP) is 2.01. The van der Waals surface area contributed by atoms with Crippen molar-refractivity contribution >= 4 is 0 Å². The van der Waals surface area contributed by atoms with Gasteiger partial charge in [0.15, 0.2) is 0 Å². The molecule has 1 unspecified atom stereocenters. The summed E-state index contributed by atoms with van der Waals surface area (Å²) in [6.07, 6.45) is 4.01. The summed E-state index contributed by atoms with van der Waals surface area (Å²) >= 11 is 0. The van der Waals surface area contributed by atoms with Crippen LogP contribution in [0.25, 0.3) is 0 Å². The molecule has 0 saturated carbocycles. The summed E-state index contributed by atoms with van der Waals surface area (Å²) in [5.41, 5.74) is 0.614. The van der Waals surface area contributed by atoms with Crippen molar-refractivity contribution < 1.29 is 0 Å². The Balaban J connectivity index is 0.000000671. The standard InChI is InChI=1S/C9H20N2.C2H6/c1-3-9(4-6-10-2)5-7-11-8-9;1-2/h10-11H,3-8H2,1-2H3;1-2H3. The topological polar surface area (TPSA) is 24.1 Å². The van der Waals surface area contributed by atoms with Crippen molar-refractivity contribution in [2.45, 2.75) is 40.0 Å². The van der Waals surface area contributed by atoms with Crippen molar-refractivity contribution in [3.05, 3.63) is 0 Å². The SMILES string of the molecule is CC.CCC1(CCNC)CCNC1. The van der Waals surface area contributed by atoms with E-state index in [2.05, 4.69) is 17.6 Å². The molecular weight excluding hydrogens is 160 g/mol. The van der Waals surface area contributed by atoms with Gasteiger partial charge in [0.25, 0.3) is 0 Å². The third kappa shape index (κ3) is 4.10. The van der Waals surface area contributed by atoms with Crippen LogP contribution in [-0.2, 0) is 0 Å². The van der Waals surface area contributed by atoms with Gasteiger partial charge in [0.05, 0.1) is 0 Å². The summed E-state index contributed by atoms with van der Waals surface area (Å²) < 4.78 is 0. The minimum Gasteiger partial charge on any atom is -0.320 e. The minimum atomic E-state index is 0.614. The molecule has 1 saturated heterocycles. The Hall–Kier alpha value is -0.0800. The van der Waals surface area contributed by atoms with Crippen molar-refractivity contribution in [2.24, 2.45) is 5.41 Å². The summed E-state index contributed by atoms with van der Waals surface area (Å²) in [6, 6.07) is 0. The van der Waals surface area contributed by atoms with Crippen LogP contribution in [0.15, 0.2) is 0 Å². The van der Waals surface area contributed by atoms with Crippen LogP contribution in [0.3, 0.4) is 0 Å². The van der Waals surface area contributed by atoms with Gasteiger partial charge < -0.3 is 10.6 Å². The fourth-order valence-corrected chi connectivity index (χ4v) is 1.88. The fourth-order valence-electron chi connectivity index (χ4n) is 1.88. The zero-order valence-corrected chi connectivity index (χ0v) is 9.74. The van der Waals surface area contributed by atoms with Crippen LogP contribution in [0.1, 0.15) is 40.0 Å². The van der Waals surface area contributed by atoms with E-state index in [1.807, 2.05) is 20.9 Å². The van der Waals surface area contributed by atoms with Crippen molar-refractivity contribution in [1.29, 1.82) is 0 Å². The lowest BCUT2D eigenvalue weighted by Crippen LogP contribution is -2.27. The molecule has 0 bridgehead atoms. The second-order valence-electron chi connectivity index (χ2n) is 3.63. The number of hydrogen-bond donors (Lipinski definition) is 2. The van der Waals surface area contributed by atoms with E-state index < -0.39 is 0 Å². The maximum Gasteiger partial charge on any atom is 0.000866 e. The van der Waals surface area contributed by atoms with E-state index >= 15 is 0 Å². The summed E-state index contributed by atoms with van der Waals surface area (Å²) in [5, 5.41) is 6.67. The molecule has 2 N–H and O–H groups in total. The number of nitrogens with one attached hydrogen (secondary N) is 2. The first-order valence-corrected chi connectivity index (χ1v) is 5.68. The molecule has 0 spiro atoms. The Morgan fingerprint density at radius 3 is 2.46 bits per heavy atom. The van der Waals surface area contributed by atoms with Crippen LogP contribution in [0.2, 0.25) is 0 Å². The molecule has 0 aliphatic carbocycles. The van der Waals surface area contributed by atoms with Crippen molar-refractivity contribution in [3.63, 3.8) is 0 Å².